The van der Waals surface area contributed by atoms with Crippen LogP contribution in [0.15, 0.2) is 11.2 Å². The van der Waals surface area contributed by atoms with E-state index < -0.39 is 10.0 Å². The summed E-state index contributed by atoms with van der Waals surface area (Å²) < 4.78 is 28.7. The second kappa shape index (κ2) is 4.32. The third-order valence-corrected chi connectivity index (χ3v) is 5.80. The van der Waals surface area contributed by atoms with E-state index in [2.05, 4.69) is 4.98 Å². The molecule has 1 saturated heterocycles. The van der Waals surface area contributed by atoms with Crippen LogP contribution in [0, 0.1) is 0 Å². The molecule has 18 heavy (non-hydrogen) atoms. The van der Waals surface area contributed by atoms with Gasteiger partial charge in [-0.05, 0) is 19.3 Å². The minimum Gasteiger partial charge on any atom is -0.329 e. The van der Waals surface area contributed by atoms with Gasteiger partial charge in [0.05, 0.1) is 6.20 Å². The second-order valence-corrected chi connectivity index (χ2v) is 6.75. The largest absolute Gasteiger partial charge is 0.329 e. The molecule has 0 radical (unpaired) electrons. The predicted molar refractivity (Wildman–Crippen MR) is 66.5 cm³/mol. The Morgan fingerprint density at radius 3 is 3.00 bits per heavy atom. The monoisotopic (exact) mass is 270 g/mol. The number of hydrogen-bond acceptors (Lipinski definition) is 4. The third-order valence-electron chi connectivity index (χ3n) is 3.85. The Labute approximate surface area is 107 Å². The first-order valence-electron chi connectivity index (χ1n) is 6.41. The van der Waals surface area contributed by atoms with Crippen molar-refractivity contribution >= 4 is 10.0 Å². The molecule has 7 heteroatoms. The molecule has 0 saturated carbocycles. The maximum atomic E-state index is 12.6. The first kappa shape index (κ1) is 12.1. The summed E-state index contributed by atoms with van der Waals surface area (Å²) in [4.78, 5) is 4.21. The van der Waals surface area contributed by atoms with E-state index in [4.69, 9.17) is 5.73 Å². The smallest absolute Gasteiger partial charge is 0.260 e. The van der Waals surface area contributed by atoms with Crippen molar-refractivity contribution < 1.29 is 8.42 Å². The topological polar surface area (TPSA) is 81.2 Å². The van der Waals surface area contributed by atoms with Gasteiger partial charge in [-0.15, -0.1) is 0 Å². The summed E-state index contributed by atoms with van der Waals surface area (Å²) in [6.07, 6.45) is 5.09. The molecule has 1 atom stereocenters. The molecule has 100 valence electrons. The van der Waals surface area contributed by atoms with Gasteiger partial charge in [0.1, 0.15) is 5.82 Å². The van der Waals surface area contributed by atoms with Gasteiger partial charge in [-0.1, -0.05) is 0 Å². The molecule has 0 aromatic carbocycles. The Bertz CT molecular complexity index is 551. The van der Waals surface area contributed by atoms with Gasteiger partial charge in [-0.25, -0.2) is 13.4 Å². The highest BCUT2D eigenvalue weighted by Crippen LogP contribution is 2.28. The molecule has 1 aromatic heterocycles. The van der Waals surface area contributed by atoms with Crippen LogP contribution in [0.5, 0.6) is 0 Å². The van der Waals surface area contributed by atoms with Crippen molar-refractivity contribution in [2.45, 2.75) is 43.3 Å². The average Bonchev–Trinajstić information content (AvgIpc) is 3.04. The number of aryl methyl sites for hydroxylation is 1. The summed E-state index contributed by atoms with van der Waals surface area (Å²) in [5.41, 5.74) is 5.66. The van der Waals surface area contributed by atoms with Crippen molar-refractivity contribution in [1.82, 2.24) is 13.9 Å². The highest BCUT2D eigenvalue weighted by molar-refractivity contribution is 7.89. The number of nitrogens with two attached hydrogens (primary N) is 1. The fraction of sp³-hybridized carbons (Fsp3) is 0.727. The maximum Gasteiger partial charge on any atom is 0.260 e. The molecule has 0 spiro atoms. The zero-order valence-electron chi connectivity index (χ0n) is 10.2. The summed E-state index contributed by atoms with van der Waals surface area (Å²) in [6, 6.07) is -0.0532. The van der Waals surface area contributed by atoms with Crippen molar-refractivity contribution in [3.8, 4) is 0 Å². The van der Waals surface area contributed by atoms with Crippen LogP contribution in [0.2, 0.25) is 0 Å². The van der Waals surface area contributed by atoms with Gasteiger partial charge in [0.25, 0.3) is 10.0 Å². The number of aromatic nitrogens is 2. The molecule has 2 aliphatic heterocycles. The number of nitrogens with zero attached hydrogens (tertiary/aromatic N) is 3. The van der Waals surface area contributed by atoms with Crippen LogP contribution in [0.3, 0.4) is 0 Å². The van der Waals surface area contributed by atoms with Gasteiger partial charge < -0.3 is 10.3 Å². The second-order valence-electron chi connectivity index (χ2n) is 4.92. The molecule has 0 bridgehead atoms. The van der Waals surface area contributed by atoms with E-state index in [9.17, 15) is 8.42 Å². The molecular weight excluding hydrogens is 252 g/mol. The number of rotatable bonds is 3. The molecule has 1 aromatic rings. The molecule has 2 N–H and O–H groups in total. The molecule has 0 aliphatic carbocycles. The molecule has 3 heterocycles. The van der Waals surface area contributed by atoms with E-state index in [0.717, 1.165) is 38.1 Å². The normalized spacial score (nSPS) is 24.6. The summed E-state index contributed by atoms with van der Waals surface area (Å²) >= 11 is 0. The first-order chi connectivity index (χ1) is 8.64. The zero-order valence-corrected chi connectivity index (χ0v) is 11.1. The number of hydrogen-bond donors (Lipinski definition) is 1. The number of fused-ring (bicyclic) bond motifs is 1. The summed E-state index contributed by atoms with van der Waals surface area (Å²) in [6.45, 7) is 1.72. The maximum absolute atomic E-state index is 12.6. The van der Waals surface area contributed by atoms with Gasteiger partial charge in [0.15, 0.2) is 5.03 Å². The third kappa shape index (κ3) is 1.69. The summed E-state index contributed by atoms with van der Waals surface area (Å²) in [5.74, 6) is 0.886. The van der Waals surface area contributed by atoms with Gasteiger partial charge in [-0.2, -0.15) is 4.31 Å². The Balaban J connectivity index is 1.99. The first-order valence-corrected chi connectivity index (χ1v) is 7.85. The predicted octanol–water partition coefficient (Wildman–Crippen LogP) is -0.0589. The Kier molecular flexibility index (Phi) is 2.91. The Hall–Kier alpha value is -0.920. The molecule has 2 aliphatic rings. The van der Waals surface area contributed by atoms with Crippen molar-refractivity contribution in [3.05, 3.63) is 12.0 Å². The SMILES string of the molecule is NCC1CCCN1S(=O)(=O)c1cnc2n1CCC2. The molecule has 1 unspecified atom stereocenters. The lowest BCUT2D eigenvalue weighted by molar-refractivity contribution is 0.388. The highest BCUT2D eigenvalue weighted by Gasteiger charge is 2.37. The van der Waals surface area contributed by atoms with Crippen molar-refractivity contribution in [2.24, 2.45) is 5.73 Å². The quantitative estimate of drug-likeness (QED) is 0.834. The highest BCUT2D eigenvalue weighted by atomic mass is 32.2. The van der Waals surface area contributed by atoms with Crippen LogP contribution in [-0.2, 0) is 23.0 Å². The fourth-order valence-corrected chi connectivity index (χ4v) is 4.77. The zero-order chi connectivity index (χ0) is 12.8. The van der Waals surface area contributed by atoms with E-state index >= 15 is 0 Å². The lowest BCUT2D eigenvalue weighted by Crippen LogP contribution is -2.40. The molecule has 6 nitrogen and oxygen atoms in total. The lowest BCUT2D eigenvalue weighted by atomic mass is 10.2. The molecule has 1 fully saturated rings. The van der Waals surface area contributed by atoms with E-state index in [1.807, 2.05) is 4.57 Å². The van der Waals surface area contributed by atoms with Gasteiger partial charge in [0.2, 0.25) is 0 Å². The summed E-state index contributed by atoms with van der Waals surface area (Å²) in [7, 11) is -3.43. The van der Waals surface area contributed by atoms with Crippen LogP contribution in [-0.4, -0.2) is 41.4 Å². The number of imidazole rings is 1. The van der Waals surface area contributed by atoms with Gasteiger partial charge in [0, 0.05) is 32.1 Å². The molecular formula is C11H18N4O2S. The van der Waals surface area contributed by atoms with Crippen LogP contribution in [0.4, 0.5) is 0 Å². The van der Waals surface area contributed by atoms with Crippen LogP contribution >= 0.6 is 0 Å². The van der Waals surface area contributed by atoms with Gasteiger partial charge >= 0.3 is 0 Å². The van der Waals surface area contributed by atoms with Crippen molar-refractivity contribution in [2.75, 3.05) is 13.1 Å². The Morgan fingerprint density at radius 2 is 2.22 bits per heavy atom. The molecule has 3 rings (SSSR count). The van der Waals surface area contributed by atoms with Crippen LogP contribution in [0.25, 0.3) is 0 Å². The summed E-state index contributed by atoms with van der Waals surface area (Å²) in [5, 5.41) is 0.343. The Morgan fingerprint density at radius 1 is 1.39 bits per heavy atom. The fourth-order valence-electron chi connectivity index (χ4n) is 2.92. The number of sulfonamides is 1. The van der Waals surface area contributed by atoms with Crippen molar-refractivity contribution in [1.29, 1.82) is 0 Å². The van der Waals surface area contributed by atoms with Crippen LogP contribution in [0.1, 0.15) is 25.1 Å². The van der Waals surface area contributed by atoms with Crippen LogP contribution < -0.4 is 5.73 Å². The van der Waals surface area contributed by atoms with E-state index in [0.29, 0.717) is 18.1 Å². The van der Waals surface area contributed by atoms with Crippen molar-refractivity contribution in [3.63, 3.8) is 0 Å². The lowest BCUT2D eigenvalue weighted by Gasteiger charge is -2.22. The van der Waals surface area contributed by atoms with E-state index in [-0.39, 0.29) is 6.04 Å². The average molecular weight is 270 g/mol. The minimum atomic E-state index is -3.43. The van der Waals surface area contributed by atoms with E-state index in [1.165, 1.54) is 6.20 Å². The van der Waals surface area contributed by atoms with Gasteiger partial charge in [-0.3, -0.25) is 0 Å². The minimum absolute atomic E-state index is 0.0532. The standard InChI is InChI=1S/C11H18N4O2S/c12-7-9-3-1-6-15(9)18(16,17)11-8-13-10-4-2-5-14(10)11/h8-9H,1-7,12H2. The molecule has 0 amide bonds. The van der Waals surface area contributed by atoms with E-state index in [1.54, 1.807) is 4.31 Å².